The summed E-state index contributed by atoms with van der Waals surface area (Å²) in [6, 6.07) is 2.89. The lowest BCUT2D eigenvalue weighted by molar-refractivity contribution is -0.137. The van der Waals surface area contributed by atoms with E-state index in [0.717, 1.165) is 12.1 Å². The van der Waals surface area contributed by atoms with Crippen molar-refractivity contribution in [1.82, 2.24) is 0 Å². The standard InChI is InChI=1S/C12H14F3NO/c1-3-4-10(16)9-6-5-8(12(13,14)15)7-11(9)17-2/h3,5-7,10H,1,4,16H2,2H3/t10-/m0/s1. The lowest BCUT2D eigenvalue weighted by Crippen LogP contribution is -2.12. The van der Waals surface area contributed by atoms with Crippen LogP contribution in [0.3, 0.4) is 0 Å². The summed E-state index contributed by atoms with van der Waals surface area (Å²) in [4.78, 5) is 0. The average Bonchev–Trinajstić information content (AvgIpc) is 2.27. The van der Waals surface area contributed by atoms with Crippen LogP contribution in [0, 0.1) is 0 Å². The minimum Gasteiger partial charge on any atom is -0.496 e. The van der Waals surface area contributed by atoms with Crippen molar-refractivity contribution in [3.05, 3.63) is 42.0 Å². The molecule has 17 heavy (non-hydrogen) atoms. The van der Waals surface area contributed by atoms with Gasteiger partial charge in [-0.05, 0) is 18.6 Å². The smallest absolute Gasteiger partial charge is 0.416 e. The first-order valence-corrected chi connectivity index (χ1v) is 5.01. The molecule has 1 aromatic rings. The molecule has 0 aliphatic carbocycles. The van der Waals surface area contributed by atoms with Gasteiger partial charge in [0.1, 0.15) is 5.75 Å². The van der Waals surface area contributed by atoms with Crippen LogP contribution >= 0.6 is 0 Å². The second-order valence-corrected chi connectivity index (χ2v) is 3.59. The third-order valence-corrected chi connectivity index (χ3v) is 2.38. The number of rotatable bonds is 4. The molecule has 0 fully saturated rings. The predicted molar refractivity (Wildman–Crippen MR) is 59.7 cm³/mol. The van der Waals surface area contributed by atoms with Crippen LogP contribution in [0.15, 0.2) is 30.9 Å². The first kappa shape index (κ1) is 13.6. The molecule has 0 unspecified atom stereocenters. The molecular weight excluding hydrogens is 231 g/mol. The summed E-state index contributed by atoms with van der Waals surface area (Å²) in [5.74, 6) is 0.147. The van der Waals surface area contributed by atoms with Crippen molar-refractivity contribution < 1.29 is 17.9 Å². The summed E-state index contributed by atoms with van der Waals surface area (Å²) in [5, 5.41) is 0. The predicted octanol–water partition coefficient (Wildman–Crippen LogP) is 3.29. The molecule has 0 aliphatic heterocycles. The van der Waals surface area contributed by atoms with Gasteiger partial charge in [-0.1, -0.05) is 12.1 Å². The highest BCUT2D eigenvalue weighted by Gasteiger charge is 2.31. The summed E-state index contributed by atoms with van der Waals surface area (Å²) in [6.07, 6.45) is -2.29. The van der Waals surface area contributed by atoms with Crippen molar-refractivity contribution in [1.29, 1.82) is 0 Å². The van der Waals surface area contributed by atoms with Crippen molar-refractivity contribution in [3.63, 3.8) is 0 Å². The van der Waals surface area contributed by atoms with Crippen LogP contribution in [-0.4, -0.2) is 7.11 Å². The van der Waals surface area contributed by atoms with Crippen molar-refractivity contribution in [3.8, 4) is 5.75 Å². The van der Waals surface area contributed by atoms with E-state index in [1.54, 1.807) is 6.08 Å². The highest BCUT2D eigenvalue weighted by Crippen LogP contribution is 2.35. The number of benzene rings is 1. The minimum absolute atomic E-state index is 0.147. The van der Waals surface area contributed by atoms with Crippen molar-refractivity contribution in [2.75, 3.05) is 7.11 Å². The summed E-state index contributed by atoms with van der Waals surface area (Å²) in [6.45, 7) is 3.54. The zero-order valence-corrected chi connectivity index (χ0v) is 9.42. The molecule has 0 saturated heterocycles. The Labute approximate surface area is 97.9 Å². The molecule has 0 aromatic heterocycles. The highest BCUT2D eigenvalue weighted by molar-refractivity contribution is 5.40. The molecule has 0 heterocycles. The number of ether oxygens (including phenoxy) is 1. The van der Waals surface area contributed by atoms with Gasteiger partial charge in [-0.2, -0.15) is 13.2 Å². The fourth-order valence-electron chi connectivity index (χ4n) is 1.50. The first-order chi connectivity index (χ1) is 7.90. The molecule has 1 rings (SSSR count). The maximum atomic E-state index is 12.5. The molecular formula is C12H14F3NO. The Morgan fingerprint density at radius 2 is 2.12 bits per heavy atom. The number of methoxy groups -OCH3 is 1. The fraction of sp³-hybridized carbons (Fsp3) is 0.333. The van der Waals surface area contributed by atoms with E-state index >= 15 is 0 Å². The van der Waals surface area contributed by atoms with Crippen LogP contribution in [0.2, 0.25) is 0 Å². The van der Waals surface area contributed by atoms with E-state index < -0.39 is 17.8 Å². The number of hydrogen-bond donors (Lipinski definition) is 1. The van der Waals surface area contributed by atoms with Crippen LogP contribution in [0.5, 0.6) is 5.75 Å². The largest absolute Gasteiger partial charge is 0.496 e. The molecule has 2 N–H and O–H groups in total. The molecule has 0 aliphatic rings. The Morgan fingerprint density at radius 3 is 2.59 bits per heavy atom. The van der Waals surface area contributed by atoms with Crippen LogP contribution in [-0.2, 0) is 6.18 Å². The maximum Gasteiger partial charge on any atom is 0.416 e. The first-order valence-electron chi connectivity index (χ1n) is 5.01. The Kier molecular flexibility index (Phi) is 4.17. The van der Waals surface area contributed by atoms with Gasteiger partial charge in [-0.25, -0.2) is 0 Å². The second kappa shape index (κ2) is 5.23. The zero-order chi connectivity index (χ0) is 13.1. The normalized spacial score (nSPS) is 13.2. The molecule has 0 saturated carbocycles. The van der Waals surface area contributed by atoms with Gasteiger partial charge < -0.3 is 10.5 Å². The summed E-state index contributed by atoms with van der Waals surface area (Å²) < 4.78 is 42.4. The summed E-state index contributed by atoms with van der Waals surface area (Å²) >= 11 is 0. The van der Waals surface area contributed by atoms with Crippen molar-refractivity contribution in [2.45, 2.75) is 18.6 Å². The lowest BCUT2D eigenvalue weighted by Gasteiger charge is -2.16. The second-order valence-electron chi connectivity index (χ2n) is 3.59. The Balaban J connectivity index is 3.14. The van der Waals surface area contributed by atoms with Gasteiger partial charge in [0, 0.05) is 11.6 Å². The van der Waals surface area contributed by atoms with Crippen LogP contribution < -0.4 is 10.5 Å². The molecule has 5 heteroatoms. The van der Waals surface area contributed by atoms with E-state index in [2.05, 4.69) is 6.58 Å². The Bertz CT molecular complexity index is 401. The van der Waals surface area contributed by atoms with Gasteiger partial charge in [-0.3, -0.25) is 0 Å². The molecule has 0 spiro atoms. The lowest BCUT2D eigenvalue weighted by atomic mass is 10.0. The summed E-state index contributed by atoms with van der Waals surface area (Å²) in [5.41, 5.74) is 5.60. The average molecular weight is 245 g/mol. The fourth-order valence-corrected chi connectivity index (χ4v) is 1.50. The van der Waals surface area contributed by atoms with E-state index in [0.29, 0.717) is 12.0 Å². The van der Waals surface area contributed by atoms with Crippen LogP contribution in [0.4, 0.5) is 13.2 Å². The number of hydrogen-bond acceptors (Lipinski definition) is 2. The molecule has 1 atom stereocenters. The van der Waals surface area contributed by atoms with Gasteiger partial charge in [-0.15, -0.1) is 6.58 Å². The molecule has 2 nitrogen and oxygen atoms in total. The highest BCUT2D eigenvalue weighted by atomic mass is 19.4. The van der Waals surface area contributed by atoms with Crippen LogP contribution in [0.25, 0.3) is 0 Å². The third-order valence-electron chi connectivity index (χ3n) is 2.38. The third kappa shape index (κ3) is 3.23. The topological polar surface area (TPSA) is 35.2 Å². The van der Waals surface area contributed by atoms with Gasteiger partial charge in [0.25, 0.3) is 0 Å². The molecule has 94 valence electrons. The minimum atomic E-state index is -4.38. The quantitative estimate of drug-likeness (QED) is 0.826. The summed E-state index contributed by atoms with van der Waals surface area (Å²) in [7, 11) is 1.32. The van der Waals surface area contributed by atoms with E-state index in [1.165, 1.54) is 13.2 Å². The molecule has 0 amide bonds. The Morgan fingerprint density at radius 1 is 1.47 bits per heavy atom. The van der Waals surface area contributed by atoms with Gasteiger partial charge >= 0.3 is 6.18 Å². The molecule has 0 radical (unpaired) electrons. The number of nitrogens with two attached hydrogens (primary N) is 1. The van der Waals surface area contributed by atoms with Gasteiger partial charge in [0.05, 0.1) is 12.7 Å². The number of alkyl halides is 3. The van der Waals surface area contributed by atoms with E-state index in [4.69, 9.17) is 10.5 Å². The SMILES string of the molecule is C=CC[C@H](N)c1ccc(C(F)(F)F)cc1OC. The maximum absolute atomic E-state index is 12.5. The molecule has 1 aromatic carbocycles. The Hall–Kier alpha value is -1.49. The van der Waals surface area contributed by atoms with Gasteiger partial charge in [0.2, 0.25) is 0 Å². The van der Waals surface area contributed by atoms with Crippen molar-refractivity contribution in [2.24, 2.45) is 5.73 Å². The van der Waals surface area contributed by atoms with E-state index in [9.17, 15) is 13.2 Å². The molecule has 0 bridgehead atoms. The van der Waals surface area contributed by atoms with Crippen LogP contribution in [0.1, 0.15) is 23.6 Å². The van der Waals surface area contributed by atoms with E-state index in [1.807, 2.05) is 0 Å². The monoisotopic (exact) mass is 245 g/mol. The number of halogens is 3. The van der Waals surface area contributed by atoms with Gasteiger partial charge in [0.15, 0.2) is 0 Å². The van der Waals surface area contributed by atoms with E-state index in [-0.39, 0.29) is 5.75 Å². The zero-order valence-electron chi connectivity index (χ0n) is 9.42. The van der Waals surface area contributed by atoms with Crippen molar-refractivity contribution >= 4 is 0 Å².